The van der Waals surface area contributed by atoms with Gasteiger partial charge in [-0.15, -0.1) is 12.1 Å². The van der Waals surface area contributed by atoms with Crippen LogP contribution in [0.1, 0.15) is 25.7 Å². The largest absolute Gasteiger partial charge is 0.675 e. The Labute approximate surface area is 84.4 Å². The summed E-state index contributed by atoms with van der Waals surface area (Å²) in [6.07, 6.45) is 3.81. The summed E-state index contributed by atoms with van der Waals surface area (Å²) in [5, 5.41) is 0. The van der Waals surface area contributed by atoms with Crippen molar-refractivity contribution in [3.63, 3.8) is 0 Å². The second kappa shape index (κ2) is 7.82. The van der Waals surface area contributed by atoms with Crippen molar-refractivity contribution in [2.75, 3.05) is 0 Å². The van der Waals surface area contributed by atoms with Crippen LogP contribution in [0, 0.1) is 0 Å². The van der Waals surface area contributed by atoms with Crippen molar-refractivity contribution in [1.82, 2.24) is 0 Å². The molecular weight excluding hydrogens is 366 g/mol. The number of rotatable bonds is 0. The maximum Gasteiger partial charge on any atom is -0.0710 e. The van der Waals surface area contributed by atoms with Crippen LogP contribution in [0.5, 0.6) is 0 Å². The van der Waals surface area contributed by atoms with Crippen molar-refractivity contribution in [3.05, 3.63) is 11.5 Å². The fraction of sp³-hybridized carbons (Fsp3) is 1.00. The molecule has 1 aliphatic carbocycles. The third-order valence-electron chi connectivity index (χ3n) is 1.73. The Balaban J connectivity index is 0.000000292. The molecule has 1 saturated carbocycles. The van der Waals surface area contributed by atoms with E-state index >= 15 is 0 Å². The molecule has 0 unspecified atom stereocenters. The summed E-state index contributed by atoms with van der Waals surface area (Å²) in [5.41, 5.74) is 14.6. The quantitative estimate of drug-likeness (QED) is 0.616. The Morgan fingerprint density at radius 3 is 1.27 bits per heavy atom. The molecule has 0 radical (unpaired) electrons. The number of hydrogen-bond acceptors (Lipinski definition) is 0. The molecule has 5 heteroatoms. The van der Waals surface area contributed by atoms with Gasteiger partial charge >= 0.3 is 35.3 Å². The molecule has 0 saturated heterocycles. The van der Waals surface area contributed by atoms with Gasteiger partial charge in [0.15, 0.2) is 0 Å². The average Bonchev–Trinajstić information content (AvgIpc) is 1.97. The SMILES string of the molecule is [Cl][Pt+2][Cl].[NH-]C1CCC([NH-])CC1. The number of halogens is 2. The Bertz CT molecular complexity index is 76.7. The number of hydrogen-bond donors (Lipinski definition) is 0. The smallest absolute Gasteiger partial charge is 0.0710 e. The van der Waals surface area contributed by atoms with Gasteiger partial charge in [-0.05, 0) is 0 Å². The van der Waals surface area contributed by atoms with Gasteiger partial charge < -0.3 is 11.5 Å². The minimum absolute atomic E-state index is 0.150. The van der Waals surface area contributed by atoms with Crippen LogP contribution in [0.4, 0.5) is 0 Å². The predicted octanol–water partition coefficient (Wildman–Crippen LogP) is 3.78. The van der Waals surface area contributed by atoms with Crippen LogP contribution in [0.15, 0.2) is 0 Å². The summed E-state index contributed by atoms with van der Waals surface area (Å²) >= 11 is -0.472. The fourth-order valence-corrected chi connectivity index (χ4v) is 1.09. The standard InChI is InChI=1S/C6H12N2.2ClH.Pt/c7-5-1-2-6(8)4-3-5;;;/h5-8H,1-4H2;2*1H;/q-2;;;+4/p-2. The average molecular weight is 378 g/mol. The van der Waals surface area contributed by atoms with Gasteiger partial charge in [0, 0.05) is 0 Å². The maximum atomic E-state index is 7.28. The molecule has 0 aliphatic heterocycles. The Morgan fingerprint density at radius 1 is 0.909 bits per heavy atom. The first-order chi connectivity index (χ1) is 5.20. The van der Waals surface area contributed by atoms with Crippen LogP contribution in [0.2, 0.25) is 0 Å². The van der Waals surface area contributed by atoms with Crippen LogP contribution in [-0.2, 0) is 16.5 Å². The molecule has 2 nitrogen and oxygen atoms in total. The summed E-state index contributed by atoms with van der Waals surface area (Å²) in [6, 6.07) is 0.299. The monoisotopic (exact) mass is 377 g/mol. The van der Waals surface area contributed by atoms with Crippen molar-refractivity contribution < 1.29 is 16.5 Å². The second-order valence-corrected chi connectivity index (χ2v) is 5.88. The van der Waals surface area contributed by atoms with E-state index in [4.69, 9.17) is 30.3 Å². The van der Waals surface area contributed by atoms with E-state index in [1.54, 1.807) is 0 Å². The second-order valence-electron chi connectivity index (χ2n) is 2.59. The van der Waals surface area contributed by atoms with E-state index in [0.717, 1.165) is 25.7 Å². The van der Waals surface area contributed by atoms with Crippen LogP contribution >= 0.6 is 18.8 Å². The first kappa shape index (κ1) is 12.2. The Hall–Kier alpha value is 1.19. The summed E-state index contributed by atoms with van der Waals surface area (Å²) in [5.74, 6) is 0. The summed E-state index contributed by atoms with van der Waals surface area (Å²) in [4.78, 5) is 0. The predicted molar refractivity (Wildman–Crippen MR) is 46.4 cm³/mol. The fourth-order valence-electron chi connectivity index (χ4n) is 1.09. The zero-order valence-corrected chi connectivity index (χ0v) is 9.84. The summed E-state index contributed by atoms with van der Waals surface area (Å²) < 4.78 is 0. The van der Waals surface area contributed by atoms with E-state index in [-0.39, 0.29) is 12.1 Å². The van der Waals surface area contributed by atoms with E-state index < -0.39 is 16.5 Å². The Morgan fingerprint density at radius 2 is 1.09 bits per heavy atom. The molecule has 2 N–H and O–H groups in total. The van der Waals surface area contributed by atoms with Crippen molar-refractivity contribution in [2.24, 2.45) is 0 Å². The van der Waals surface area contributed by atoms with Crippen LogP contribution < -0.4 is 0 Å². The van der Waals surface area contributed by atoms with Gasteiger partial charge in [0.2, 0.25) is 0 Å². The summed E-state index contributed by atoms with van der Waals surface area (Å²) in [6.45, 7) is 0. The van der Waals surface area contributed by atoms with Gasteiger partial charge in [-0.1, -0.05) is 25.7 Å². The van der Waals surface area contributed by atoms with Crippen molar-refractivity contribution >= 4 is 18.8 Å². The molecule has 0 atom stereocenters. The molecule has 70 valence electrons. The molecule has 1 rings (SSSR count). The van der Waals surface area contributed by atoms with E-state index in [1.807, 2.05) is 0 Å². The topological polar surface area (TPSA) is 47.6 Å². The van der Waals surface area contributed by atoms with Gasteiger partial charge in [-0.2, -0.15) is 0 Å². The molecule has 0 bridgehead atoms. The molecular formula is C6H12Cl2N2Pt. The van der Waals surface area contributed by atoms with Gasteiger partial charge in [0.05, 0.1) is 0 Å². The van der Waals surface area contributed by atoms with Crippen LogP contribution in [0.25, 0.3) is 11.5 Å². The van der Waals surface area contributed by atoms with Gasteiger partial charge in [-0.3, -0.25) is 0 Å². The zero-order valence-electron chi connectivity index (χ0n) is 6.06. The minimum Gasteiger partial charge on any atom is -0.675 e. The van der Waals surface area contributed by atoms with Gasteiger partial charge in [0.25, 0.3) is 0 Å². The van der Waals surface area contributed by atoms with E-state index in [1.165, 1.54) is 0 Å². The zero-order chi connectivity index (χ0) is 8.69. The van der Waals surface area contributed by atoms with Crippen LogP contribution in [0.3, 0.4) is 0 Å². The van der Waals surface area contributed by atoms with Crippen molar-refractivity contribution in [2.45, 2.75) is 37.8 Å². The Kier molecular flexibility index (Phi) is 8.66. The maximum absolute atomic E-state index is 7.28. The molecule has 1 aliphatic rings. The molecule has 11 heavy (non-hydrogen) atoms. The van der Waals surface area contributed by atoms with Crippen LogP contribution in [-0.4, -0.2) is 12.1 Å². The molecule has 0 aromatic heterocycles. The van der Waals surface area contributed by atoms with Crippen molar-refractivity contribution in [1.29, 1.82) is 0 Å². The van der Waals surface area contributed by atoms with Crippen molar-refractivity contribution in [3.8, 4) is 0 Å². The third-order valence-corrected chi connectivity index (χ3v) is 1.73. The molecule has 0 aromatic carbocycles. The first-order valence-electron chi connectivity index (χ1n) is 3.45. The van der Waals surface area contributed by atoms with E-state index in [9.17, 15) is 0 Å². The van der Waals surface area contributed by atoms with E-state index in [2.05, 4.69) is 0 Å². The van der Waals surface area contributed by atoms with Gasteiger partial charge in [0.1, 0.15) is 0 Å². The minimum atomic E-state index is -0.472. The molecule has 1 fully saturated rings. The molecule has 0 heterocycles. The summed E-state index contributed by atoms with van der Waals surface area (Å²) in [7, 11) is 9.75. The number of nitrogens with one attached hydrogen (secondary N) is 2. The molecule has 0 amide bonds. The van der Waals surface area contributed by atoms with E-state index in [0.29, 0.717) is 0 Å². The van der Waals surface area contributed by atoms with Gasteiger partial charge in [-0.25, -0.2) is 0 Å². The first-order valence-corrected chi connectivity index (χ1v) is 9.08. The normalized spacial score (nSPS) is 30.9. The molecule has 0 spiro atoms. The third kappa shape index (κ3) is 7.55. The molecule has 0 aromatic rings.